The molecule has 5 heteroatoms. The number of nitrogens with zero attached hydrogens (tertiary/aromatic N) is 2. The average Bonchev–Trinajstić information content (AvgIpc) is 3.05. The minimum atomic E-state index is -0.118. The second kappa shape index (κ2) is 7.65. The molecule has 2 heterocycles. The van der Waals surface area contributed by atoms with Gasteiger partial charge in [0.25, 0.3) is 0 Å². The lowest BCUT2D eigenvalue weighted by molar-refractivity contribution is -0.139. The van der Waals surface area contributed by atoms with E-state index in [1.807, 2.05) is 19.1 Å². The van der Waals surface area contributed by atoms with E-state index in [9.17, 15) is 4.79 Å². The van der Waals surface area contributed by atoms with Crippen LogP contribution in [0, 0.1) is 11.8 Å². The number of fused-ring (bicyclic) bond motifs is 1. The summed E-state index contributed by atoms with van der Waals surface area (Å²) in [6, 6.07) is 5.91. The molecule has 1 amide bonds. The van der Waals surface area contributed by atoms with Crippen LogP contribution in [0.1, 0.15) is 39.7 Å². The molecule has 0 radical (unpaired) electrons. The van der Waals surface area contributed by atoms with Gasteiger partial charge in [-0.25, -0.2) is 0 Å². The Balaban J connectivity index is 1.66. The highest BCUT2D eigenvalue weighted by molar-refractivity contribution is 5.81. The van der Waals surface area contributed by atoms with Crippen molar-refractivity contribution in [3.05, 3.63) is 23.8 Å². The van der Waals surface area contributed by atoms with Gasteiger partial charge in [0.2, 0.25) is 12.7 Å². The number of likely N-dealkylation sites (tertiary alicyclic amines) is 1. The summed E-state index contributed by atoms with van der Waals surface area (Å²) in [5, 5.41) is 0. The number of amides is 1. The lowest BCUT2D eigenvalue weighted by Gasteiger charge is -2.38. The molecule has 0 N–H and O–H groups in total. The lowest BCUT2D eigenvalue weighted by Crippen LogP contribution is -2.51. The van der Waals surface area contributed by atoms with Crippen molar-refractivity contribution in [2.24, 2.45) is 11.8 Å². The SMILES string of the molecule is CCN(Cc1ccc2c(c1)OCO2)C(C)C(=O)N1CC(C)CC(C)C1. The van der Waals surface area contributed by atoms with E-state index in [-0.39, 0.29) is 18.7 Å². The van der Waals surface area contributed by atoms with Crippen molar-refractivity contribution in [3.63, 3.8) is 0 Å². The maximum atomic E-state index is 13.0. The number of likely N-dealkylation sites (N-methyl/N-ethyl adjacent to an activating group) is 1. The van der Waals surface area contributed by atoms with E-state index in [1.165, 1.54) is 6.42 Å². The van der Waals surface area contributed by atoms with Crippen LogP contribution in [0.25, 0.3) is 0 Å². The smallest absolute Gasteiger partial charge is 0.239 e. The third-order valence-corrected chi connectivity index (χ3v) is 5.31. The fourth-order valence-electron chi connectivity index (χ4n) is 4.06. The zero-order chi connectivity index (χ0) is 18.0. The number of hydrogen-bond donors (Lipinski definition) is 0. The van der Waals surface area contributed by atoms with Crippen molar-refractivity contribution in [1.82, 2.24) is 9.80 Å². The molecule has 0 bridgehead atoms. The second-order valence-corrected chi connectivity index (χ2v) is 7.62. The molecule has 0 aromatic heterocycles. The molecule has 0 saturated carbocycles. The van der Waals surface area contributed by atoms with E-state index in [0.717, 1.165) is 43.2 Å². The van der Waals surface area contributed by atoms with Gasteiger partial charge < -0.3 is 14.4 Å². The maximum Gasteiger partial charge on any atom is 0.239 e. The van der Waals surface area contributed by atoms with E-state index >= 15 is 0 Å². The number of hydrogen-bond acceptors (Lipinski definition) is 4. The fourth-order valence-corrected chi connectivity index (χ4v) is 4.06. The van der Waals surface area contributed by atoms with Gasteiger partial charge in [-0.3, -0.25) is 9.69 Å². The highest BCUT2D eigenvalue weighted by Crippen LogP contribution is 2.33. The van der Waals surface area contributed by atoms with Gasteiger partial charge >= 0.3 is 0 Å². The summed E-state index contributed by atoms with van der Waals surface area (Å²) in [7, 11) is 0. The van der Waals surface area contributed by atoms with E-state index in [1.54, 1.807) is 0 Å². The lowest BCUT2D eigenvalue weighted by atomic mass is 9.91. The van der Waals surface area contributed by atoms with E-state index < -0.39 is 0 Å². The van der Waals surface area contributed by atoms with Crippen LogP contribution >= 0.6 is 0 Å². The van der Waals surface area contributed by atoms with Crippen molar-refractivity contribution >= 4 is 5.91 Å². The first-order valence-corrected chi connectivity index (χ1v) is 9.39. The minimum Gasteiger partial charge on any atom is -0.454 e. The largest absolute Gasteiger partial charge is 0.454 e. The number of piperidine rings is 1. The fraction of sp³-hybridized carbons (Fsp3) is 0.650. The number of ether oxygens (including phenoxy) is 2. The van der Waals surface area contributed by atoms with E-state index in [4.69, 9.17) is 9.47 Å². The van der Waals surface area contributed by atoms with Crippen molar-refractivity contribution in [2.45, 2.75) is 46.7 Å². The van der Waals surface area contributed by atoms with Crippen LogP contribution in [0.3, 0.4) is 0 Å². The molecule has 0 aliphatic carbocycles. The van der Waals surface area contributed by atoms with Gasteiger partial charge in [0.1, 0.15) is 0 Å². The molecule has 1 fully saturated rings. The van der Waals surface area contributed by atoms with Crippen molar-refractivity contribution in [1.29, 1.82) is 0 Å². The van der Waals surface area contributed by atoms with Crippen molar-refractivity contribution < 1.29 is 14.3 Å². The molecule has 1 aromatic carbocycles. The summed E-state index contributed by atoms with van der Waals surface area (Å²) in [5.74, 6) is 3.02. The van der Waals surface area contributed by atoms with Crippen LogP contribution in [-0.4, -0.2) is 48.2 Å². The molecule has 3 atom stereocenters. The predicted octanol–water partition coefficient (Wildman–Crippen LogP) is 3.13. The average molecular weight is 346 g/mol. The highest BCUT2D eigenvalue weighted by atomic mass is 16.7. The summed E-state index contributed by atoms with van der Waals surface area (Å²) in [5.41, 5.74) is 1.14. The normalized spacial score (nSPS) is 23.8. The second-order valence-electron chi connectivity index (χ2n) is 7.62. The number of carbonyl (C=O) groups is 1. The zero-order valence-electron chi connectivity index (χ0n) is 15.8. The topological polar surface area (TPSA) is 42.0 Å². The Morgan fingerprint density at radius 3 is 2.60 bits per heavy atom. The molecular weight excluding hydrogens is 316 g/mol. The molecule has 1 aromatic rings. The van der Waals surface area contributed by atoms with Gasteiger partial charge in [0.05, 0.1) is 6.04 Å². The monoisotopic (exact) mass is 346 g/mol. The number of carbonyl (C=O) groups excluding carboxylic acids is 1. The van der Waals surface area contributed by atoms with E-state index in [0.29, 0.717) is 11.8 Å². The van der Waals surface area contributed by atoms with E-state index in [2.05, 4.69) is 36.6 Å². The molecule has 3 unspecified atom stereocenters. The first-order chi connectivity index (χ1) is 12.0. The predicted molar refractivity (Wildman–Crippen MR) is 97.6 cm³/mol. The molecule has 138 valence electrons. The Labute approximate surface area is 150 Å². The first-order valence-electron chi connectivity index (χ1n) is 9.39. The maximum absolute atomic E-state index is 13.0. The molecule has 0 spiro atoms. The van der Waals surface area contributed by atoms with Gasteiger partial charge in [-0.05, 0) is 49.4 Å². The molecular formula is C20H30N2O3. The minimum absolute atomic E-state index is 0.118. The van der Waals surface area contributed by atoms with Gasteiger partial charge in [0, 0.05) is 19.6 Å². The summed E-state index contributed by atoms with van der Waals surface area (Å²) in [4.78, 5) is 17.3. The van der Waals surface area contributed by atoms with Crippen molar-refractivity contribution in [3.8, 4) is 11.5 Å². The summed E-state index contributed by atoms with van der Waals surface area (Å²) < 4.78 is 10.8. The zero-order valence-corrected chi connectivity index (χ0v) is 15.8. The Bertz CT molecular complexity index is 609. The third kappa shape index (κ3) is 4.09. The Morgan fingerprint density at radius 2 is 1.92 bits per heavy atom. The highest BCUT2D eigenvalue weighted by Gasteiger charge is 2.30. The van der Waals surface area contributed by atoms with Crippen molar-refractivity contribution in [2.75, 3.05) is 26.4 Å². The molecule has 2 aliphatic rings. The summed E-state index contributed by atoms with van der Waals surface area (Å²) in [6.07, 6.45) is 1.22. The van der Waals surface area contributed by atoms with Crippen LogP contribution in [0.4, 0.5) is 0 Å². The Hall–Kier alpha value is -1.75. The molecule has 3 rings (SSSR count). The van der Waals surface area contributed by atoms with Gasteiger partial charge in [-0.15, -0.1) is 0 Å². The number of rotatable bonds is 5. The van der Waals surface area contributed by atoms with Crippen LogP contribution < -0.4 is 9.47 Å². The van der Waals surface area contributed by atoms with Crippen LogP contribution in [0.2, 0.25) is 0 Å². The van der Waals surface area contributed by atoms with Gasteiger partial charge in [0.15, 0.2) is 11.5 Å². The standard InChI is InChI=1S/C20H30N2O3/c1-5-21(12-17-6-7-18-19(9-17)25-13-24-18)16(4)20(23)22-10-14(2)8-15(3)11-22/h6-7,9,14-16H,5,8,10-13H2,1-4H3. The van der Waals surface area contributed by atoms with Gasteiger partial charge in [-0.2, -0.15) is 0 Å². The first kappa shape index (κ1) is 18.1. The molecule has 2 aliphatic heterocycles. The Kier molecular flexibility index (Phi) is 5.52. The molecule has 25 heavy (non-hydrogen) atoms. The molecule has 1 saturated heterocycles. The quantitative estimate of drug-likeness (QED) is 0.821. The third-order valence-electron chi connectivity index (χ3n) is 5.31. The summed E-state index contributed by atoms with van der Waals surface area (Å²) in [6.45, 7) is 12.2. The van der Waals surface area contributed by atoms with Crippen LogP contribution in [0.5, 0.6) is 11.5 Å². The molecule has 5 nitrogen and oxygen atoms in total. The number of benzene rings is 1. The summed E-state index contributed by atoms with van der Waals surface area (Å²) >= 11 is 0. The van der Waals surface area contributed by atoms with Crippen LogP contribution in [-0.2, 0) is 11.3 Å². The Morgan fingerprint density at radius 1 is 1.24 bits per heavy atom. The van der Waals surface area contributed by atoms with Crippen LogP contribution in [0.15, 0.2) is 18.2 Å². The van der Waals surface area contributed by atoms with Gasteiger partial charge in [-0.1, -0.05) is 26.8 Å².